The number of hydrogen-bond acceptors (Lipinski definition) is 5. The van der Waals surface area contributed by atoms with Crippen molar-refractivity contribution in [3.05, 3.63) is 28.2 Å². The maximum atomic E-state index is 12.1. The van der Waals surface area contributed by atoms with Crippen molar-refractivity contribution in [3.63, 3.8) is 0 Å². The lowest BCUT2D eigenvalue weighted by Gasteiger charge is -2.09. The highest BCUT2D eigenvalue weighted by Crippen LogP contribution is 2.21. The Morgan fingerprint density at radius 3 is 2.57 bits per heavy atom. The number of hydrogen-bond donors (Lipinski definition) is 2. The largest absolute Gasteiger partial charge is 0.465 e. The number of likely N-dealkylation sites (N-methyl/N-ethyl adjacent to an activating group) is 1. The van der Waals surface area contributed by atoms with E-state index in [1.54, 1.807) is 6.92 Å². The number of methoxy groups -OCH3 is 1. The van der Waals surface area contributed by atoms with E-state index in [2.05, 4.69) is 30.7 Å². The molecule has 0 aliphatic heterocycles. The second-order valence-corrected chi connectivity index (χ2v) is 6.53. The smallest absolute Gasteiger partial charge is 0.339 e. The van der Waals surface area contributed by atoms with Crippen LogP contribution < -0.4 is 10.0 Å². The molecule has 0 radical (unpaired) electrons. The van der Waals surface area contributed by atoms with Crippen LogP contribution in [0.25, 0.3) is 0 Å². The SMILES string of the molecule is CCNC(=O)CNS(=O)(=O)c1ccc(Br)c(C(=O)OC)c1. The zero-order valence-electron chi connectivity index (χ0n) is 11.5. The Morgan fingerprint density at radius 1 is 1.33 bits per heavy atom. The number of halogens is 1. The molecule has 0 aliphatic carbocycles. The molecular weight excluding hydrogens is 364 g/mol. The van der Waals surface area contributed by atoms with E-state index in [4.69, 9.17) is 0 Å². The first-order valence-corrected chi connectivity index (χ1v) is 8.23. The van der Waals surface area contributed by atoms with E-state index < -0.39 is 21.9 Å². The van der Waals surface area contributed by atoms with Crippen LogP contribution in [0.4, 0.5) is 0 Å². The summed E-state index contributed by atoms with van der Waals surface area (Å²) < 4.78 is 31.3. The van der Waals surface area contributed by atoms with Gasteiger partial charge in [0.1, 0.15) is 0 Å². The van der Waals surface area contributed by atoms with Crippen molar-refractivity contribution < 1.29 is 22.7 Å². The Hall–Kier alpha value is -1.45. The van der Waals surface area contributed by atoms with Crippen LogP contribution in [-0.4, -0.2) is 40.5 Å². The predicted molar refractivity (Wildman–Crippen MR) is 79.4 cm³/mol. The Morgan fingerprint density at radius 2 is 2.00 bits per heavy atom. The number of nitrogens with one attached hydrogen (secondary N) is 2. The maximum absolute atomic E-state index is 12.1. The van der Waals surface area contributed by atoms with Crippen LogP contribution >= 0.6 is 15.9 Å². The molecule has 0 atom stereocenters. The van der Waals surface area contributed by atoms with E-state index >= 15 is 0 Å². The molecule has 2 N–H and O–H groups in total. The number of amides is 1. The summed E-state index contributed by atoms with van der Waals surface area (Å²) in [5.74, 6) is -1.10. The second-order valence-electron chi connectivity index (χ2n) is 3.91. The molecule has 7 nitrogen and oxygen atoms in total. The third-order valence-corrected chi connectivity index (χ3v) is 4.54. The highest BCUT2D eigenvalue weighted by molar-refractivity contribution is 9.10. The van der Waals surface area contributed by atoms with Crippen LogP contribution in [0.3, 0.4) is 0 Å². The number of benzene rings is 1. The van der Waals surface area contributed by atoms with Crippen LogP contribution in [0.5, 0.6) is 0 Å². The van der Waals surface area contributed by atoms with Crippen molar-refractivity contribution in [3.8, 4) is 0 Å². The summed E-state index contributed by atoms with van der Waals surface area (Å²) in [5.41, 5.74) is 0.0818. The van der Waals surface area contributed by atoms with Gasteiger partial charge in [-0.05, 0) is 41.1 Å². The lowest BCUT2D eigenvalue weighted by molar-refractivity contribution is -0.119. The Balaban J connectivity index is 2.98. The highest BCUT2D eigenvalue weighted by atomic mass is 79.9. The first-order valence-electron chi connectivity index (χ1n) is 5.96. The summed E-state index contributed by atoms with van der Waals surface area (Å²) in [4.78, 5) is 22.7. The third-order valence-electron chi connectivity index (χ3n) is 2.45. The normalized spacial score (nSPS) is 11.0. The predicted octanol–water partition coefficient (Wildman–Crippen LogP) is 0.650. The number of ether oxygens (including phenoxy) is 1. The first kappa shape index (κ1) is 17.6. The quantitative estimate of drug-likeness (QED) is 0.707. The Bertz CT molecular complexity index is 645. The third kappa shape index (κ3) is 4.80. The molecule has 0 fully saturated rings. The van der Waals surface area contributed by atoms with E-state index in [0.29, 0.717) is 11.0 Å². The van der Waals surface area contributed by atoms with Crippen LogP contribution in [0.1, 0.15) is 17.3 Å². The highest BCUT2D eigenvalue weighted by Gasteiger charge is 2.19. The summed E-state index contributed by atoms with van der Waals surface area (Å²) >= 11 is 3.14. The molecular formula is C12H15BrN2O5S. The minimum absolute atomic E-state index is 0.0818. The number of rotatable bonds is 6. The molecule has 1 aromatic carbocycles. The first-order chi connectivity index (χ1) is 9.81. The second kappa shape index (κ2) is 7.53. The van der Waals surface area contributed by atoms with Gasteiger partial charge >= 0.3 is 5.97 Å². The zero-order valence-corrected chi connectivity index (χ0v) is 13.9. The molecule has 0 spiro atoms. The van der Waals surface area contributed by atoms with E-state index in [1.807, 2.05) is 0 Å². The van der Waals surface area contributed by atoms with Crippen molar-refractivity contribution in [2.75, 3.05) is 20.2 Å². The Labute approximate surface area is 131 Å². The molecule has 1 amide bonds. The number of carbonyl (C=O) groups excluding carboxylic acids is 2. The summed E-state index contributed by atoms with van der Waals surface area (Å²) in [6, 6.07) is 3.92. The van der Waals surface area contributed by atoms with Gasteiger partial charge in [0, 0.05) is 11.0 Å². The molecule has 9 heteroatoms. The van der Waals surface area contributed by atoms with E-state index in [0.717, 1.165) is 0 Å². The van der Waals surface area contributed by atoms with Gasteiger partial charge in [-0.2, -0.15) is 0 Å². The molecule has 0 saturated heterocycles. The molecule has 0 aromatic heterocycles. The van der Waals surface area contributed by atoms with Crippen LogP contribution in [-0.2, 0) is 19.6 Å². The summed E-state index contributed by atoms with van der Waals surface area (Å²) in [6.07, 6.45) is 0. The molecule has 0 saturated carbocycles. The minimum atomic E-state index is -3.89. The lowest BCUT2D eigenvalue weighted by Crippen LogP contribution is -2.36. The van der Waals surface area contributed by atoms with Gasteiger partial charge in [-0.1, -0.05) is 0 Å². The van der Waals surface area contributed by atoms with Crippen molar-refractivity contribution in [2.24, 2.45) is 0 Å². The topological polar surface area (TPSA) is 102 Å². The molecule has 21 heavy (non-hydrogen) atoms. The fraction of sp³-hybridized carbons (Fsp3) is 0.333. The van der Waals surface area contributed by atoms with Gasteiger partial charge in [0.15, 0.2) is 0 Å². The van der Waals surface area contributed by atoms with E-state index in [-0.39, 0.29) is 17.0 Å². The lowest BCUT2D eigenvalue weighted by atomic mass is 10.2. The summed E-state index contributed by atoms with van der Waals surface area (Å²) in [5, 5.41) is 2.47. The van der Waals surface area contributed by atoms with Crippen LogP contribution in [0, 0.1) is 0 Å². The fourth-order valence-electron chi connectivity index (χ4n) is 1.44. The minimum Gasteiger partial charge on any atom is -0.465 e. The monoisotopic (exact) mass is 378 g/mol. The average molecular weight is 379 g/mol. The van der Waals surface area contributed by atoms with Gasteiger partial charge in [0.2, 0.25) is 15.9 Å². The molecule has 1 rings (SSSR count). The van der Waals surface area contributed by atoms with Crippen molar-refractivity contribution in [1.29, 1.82) is 0 Å². The molecule has 1 aromatic rings. The van der Waals surface area contributed by atoms with Gasteiger partial charge in [0.25, 0.3) is 0 Å². The van der Waals surface area contributed by atoms with Gasteiger partial charge in [0.05, 0.1) is 24.1 Å². The van der Waals surface area contributed by atoms with Crippen molar-refractivity contribution >= 4 is 37.8 Å². The Kier molecular flexibility index (Phi) is 6.31. The molecule has 0 bridgehead atoms. The molecule has 0 unspecified atom stereocenters. The molecule has 116 valence electrons. The number of carbonyl (C=O) groups is 2. The van der Waals surface area contributed by atoms with Gasteiger partial charge < -0.3 is 10.1 Å². The zero-order chi connectivity index (χ0) is 16.0. The number of esters is 1. The van der Waals surface area contributed by atoms with Crippen molar-refractivity contribution in [2.45, 2.75) is 11.8 Å². The van der Waals surface area contributed by atoms with Crippen LogP contribution in [0.2, 0.25) is 0 Å². The summed E-state index contributed by atoms with van der Waals surface area (Å²) in [6.45, 7) is 1.76. The maximum Gasteiger partial charge on any atom is 0.339 e. The molecule has 0 aliphatic rings. The average Bonchev–Trinajstić information content (AvgIpc) is 2.45. The molecule has 0 heterocycles. The summed E-state index contributed by atoms with van der Waals surface area (Å²) in [7, 11) is -2.70. The fourth-order valence-corrected chi connectivity index (χ4v) is 2.86. The van der Waals surface area contributed by atoms with Gasteiger partial charge in [-0.15, -0.1) is 0 Å². The standard InChI is InChI=1S/C12H15BrN2O5S/c1-3-14-11(16)7-15-21(18,19)8-4-5-10(13)9(6-8)12(17)20-2/h4-6,15H,3,7H2,1-2H3,(H,14,16). The van der Waals surface area contributed by atoms with Gasteiger partial charge in [-0.3, -0.25) is 4.79 Å². The van der Waals surface area contributed by atoms with E-state index in [1.165, 1.54) is 25.3 Å². The van der Waals surface area contributed by atoms with Crippen molar-refractivity contribution in [1.82, 2.24) is 10.0 Å². The van der Waals surface area contributed by atoms with Gasteiger partial charge in [-0.25, -0.2) is 17.9 Å². The van der Waals surface area contributed by atoms with E-state index in [9.17, 15) is 18.0 Å². The van der Waals surface area contributed by atoms with Crippen LogP contribution in [0.15, 0.2) is 27.6 Å². The number of sulfonamides is 1.